The van der Waals surface area contributed by atoms with Crippen molar-refractivity contribution in [2.75, 3.05) is 13.1 Å². The van der Waals surface area contributed by atoms with Gasteiger partial charge >= 0.3 is 12.0 Å². The Bertz CT molecular complexity index is 371. The summed E-state index contributed by atoms with van der Waals surface area (Å²) in [6.45, 7) is 3.43. The number of nitrogens with zero attached hydrogens (tertiary/aromatic N) is 1. The van der Waals surface area contributed by atoms with Crippen molar-refractivity contribution in [1.29, 1.82) is 0 Å². The smallest absolute Gasteiger partial charge is 0.317 e. The number of hydrogen-bond acceptors (Lipinski definition) is 2. The van der Waals surface area contributed by atoms with Gasteiger partial charge in [-0.2, -0.15) is 0 Å². The zero-order valence-electron chi connectivity index (χ0n) is 13.0. The number of urea groups is 1. The Morgan fingerprint density at radius 2 is 1.95 bits per heavy atom. The van der Waals surface area contributed by atoms with Crippen molar-refractivity contribution in [2.45, 2.75) is 64.3 Å². The normalized spacial score (nSPS) is 26.8. The summed E-state index contributed by atoms with van der Waals surface area (Å²) in [6, 6.07) is 0.482. The van der Waals surface area contributed by atoms with E-state index in [0.29, 0.717) is 24.9 Å². The number of hydrogen-bond donors (Lipinski definition) is 2. The first-order valence-electron chi connectivity index (χ1n) is 8.34. The number of amides is 2. The van der Waals surface area contributed by atoms with E-state index in [0.717, 1.165) is 19.4 Å². The molecule has 0 aromatic rings. The van der Waals surface area contributed by atoms with Crippen LogP contribution in [-0.4, -0.2) is 41.1 Å². The number of carbonyl (C=O) groups is 2. The summed E-state index contributed by atoms with van der Waals surface area (Å²) in [6.07, 6.45) is 8.12. The Kier molecular flexibility index (Phi) is 5.88. The lowest BCUT2D eigenvalue weighted by Gasteiger charge is -2.44. The molecule has 2 aliphatic rings. The van der Waals surface area contributed by atoms with Crippen LogP contribution in [0.25, 0.3) is 0 Å². The maximum Gasteiger partial charge on any atom is 0.317 e. The Morgan fingerprint density at radius 3 is 2.71 bits per heavy atom. The fraction of sp³-hybridized carbons (Fsp3) is 0.875. The van der Waals surface area contributed by atoms with Gasteiger partial charge in [-0.1, -0.05) is 19.8 Å². The first kappa shape index (κ1) is 16.1. The number of likely N-dealkylation sites (tertiary alicyclic amines) is 1. The van der Waals surface area contributed by atoms with E-state index >= 15 is 0 Å². The van der Waals surface area contributed by atoms with Crippen LogP contribution in [-0.2, 0) is 4.79 Å². The van der Waals surface area contributed by atoms with Crippen molar-refractivity contribution in [3.8, 4) is 0 Å². The van der Waals surface area contributed by atoms with Crippen LogP contribution in [0.4, 0.5) is 4.79 Å². The highest BCUT2D eigenvalue weighted by Crippen LogP contribution is 2.35. The minimum Gasteiger partial charge on any atom is -0.481 e. The van der Waals surface area contributed by atoms with Crippen LogP contribution in [0.1, 0.15) is 58.3 Å². The molecule has 3 atom stereocenters. The average Bonchev–Trinajstić information content (AvgIpc) is 2.50. The van der Waals surface area contributed by atoms with Gasteiger partial charge in [0.05, 0.1) is 0 Å². The molecule has 0 aromatic heterocycles. The van der Waals surface area contributed by atoms with Gasteiger partial charge in [0.1, 0.15) is 0 Å². The second kappa shape index (κ2) is 7.66. The average molecular weight is 296 g/mol. The molecule has 0 bridgehead atoms. The largest absolute Gasteiger partial charge is 0.481 e. The van der Waals surface area contributed by atoms with Gasteiger partial charge < -0.3 is 15.3 Å². The Morgan fingerprint density at radius 1 is 1.24 bits per heavy atom. The van der Waals surface area contributed by atoms with E-state index in [9.17, 15) is 9.59 Å². The van der Waals surface area contributed by atoms with E-state index < -0.39 is 5.97 Å². The maximum absolute atomic E-state index is 12.4. The van der Waals surface area contributed by atoms with Gasteiger partial charge in [0, 0.05) is 25.6 Å². The zero-order chi connectivity index (χ0) is 15.2. The van der Waals surface area contributed by atoms with Gasteiger partial charge in [0.25, 0.3) is 0 Å². The second-order valence-electron chi connectivity index (χ2n) is 6.67. The molecule has 5 heteroatoms. The number of carbonyl (C=O) groups excluding carboxylic acids is 1. The molecule has 1 saturated heterocycles. The van der Waals surface area contributed by atoms with Gasteiger partial charge in [-0.25, -0.2) is 4.79 Å². The highest BCUT2D eigenvalue weighted by Gasteiger charge is 2.35. The lowest BCUT2D eigenvalue weighted by molar-refractivity contribution is -0.137. The van der Waals surface area contributed by atoms with E-state index in [4.69, 9.17) is 5.11 Å². The molecule has 1 saturated carbocycles. The number of nitrogens with one attached hydrogen (secondary N) is 1. The SMILES string of the molecule is CC(CCC(=O)O)CNC(=O)N1CCCC2CCCCC21. The van der Waals surface area contributed by atoms with Crippen molar-refractivity contribution in [3.05, 3.63) is 0 Å². The number of aliphatic carboxylic acids is 1. The van der Waals surface area contributed by atoms with Crippen LogP contribution in [0, 0.1) is 11.8 Å². The fourth-order valence-corrected chi connectivity index (χ4v) is 3.71. The molecular formula is C16H28N2O3. The molecule has 2 fully saturated rings. The van der Waals surface area contributed by atoms with Crippen molar-refractivity contribution < 1.29 is 14.7 Å². The van der Waals surface area contributed by atoms with Gasteiger partial charge in [0.15, 0.2) is 0 Å². The number of piperidine rings is 1. The number of rotatable bonds is 5. The van der Waals surface area contributed by atoms with Gasteiger partial charge in [-0.15, -0.1) is 0 Å². The Hall–Kier alpha value is -1.26. The van der Waals surface area contributed by atoms with E-state index in [2.05, 4.69) is 5.32 Å². The number of fused-ring (bicyclic) bond motifs is 1. The summed E-state index contributed by atoms with van der Waals surface area (Å²) >= 11 is 0. The summed E-state index contributed by atoms with van der Waals surface area (Å²) < 4.78 is 0. The molecule has 1 heterocycles. The Labute approximate surface area is 127 Å². The van der Waals surface area contributed by atoms with Crippen LogP contribution in [0.3, 0.4) is 0 Å². The van der Waals surface area contributed by atoms with Crippen molar-refractivity contribution in [1.82, 2.24) is 10.2 Å². The molecule has 1 aliphatic heterocycles. The molecule has 0 radical (unpaired) electrons. The quantitative estimate of drug-likeness (QED) is 0.819. The molecule has 120 valence electrons. The maximum atomic E-state index is 12.4. The molecule has 0 spiro atoms. The molecule has 5 nitrogen and oxygen atoms in total. The van der Waals surface area contributed by atoms with Crippen LogP contribution < -0.4 is 5.32 Å². The summed E-state index contributed by atoms with van der Waals surface area (Å²) in [4.78, 5) is 25.0. The Balaban J connectivity index is 1.77. The van der Waals surface area contributed by atoms with Gasteiger partial charge in [-0.05, 0) is 43.9 Å². The van der Waals surface area contributed by atoms with Crippen LogP contribution >= 0.6 is 0 Å². The molecule has 3 unspecified atom stereocenters. The fourth-order valence-electron chi connectivity index (χ4n) is 3.71. The minimum atomic E-state index is -0.769. The lowest BCUT2D eigenvalue weighted by atomic mass is 9.78. The van der Waals surface area contributed by atoms with Gasteiger partial charge in [-0.3, -0.25) is 4.79 Å². The molecule has 2 amide bonds. The highest BCUT2D eigenvalue weighted by molar-refractivity contribution is 5.74. The number of carboxylic acids is 1. The minimum absolute atomic E-state index is 0.0498. The van der Waals surface area contributed by atoms with Crippen LogP contribution in [0.2, 0.25) is 0 Å². The first-order chi connectivity index (χ1) is 10.1. The monoisotopic (exact) mass is 296 g/mol. The third kappa shape index (κ3) is 4.61. The molecule has 1 aliphatic carbocycles. The predicted octanol–water partition coefficient (Wildman–Crippen LogP) is 2.85. The summed E-state index contributed by atoms with van der Waals surface area (Å²) in [5.74, 6) is 0.133. The van der Waals surface area contributed by atoms with Crippen molar-refractivity contribution in [3.63, 3.8) is 0 Å². The van der Waals surface area contributed by atoms with E-state index in [1.165, 1.54) is 25.7 Å². The summed E-state index contributed by atoms with van der Waals surface area (Å²) in [5.41, 5.74) is 0. The third-order valence-corrected chi connectivity index (χ3v) is 4.96. The highest BCUT2D eigenvalue weighted by atomic mass is 16.4. The van der Waals surface area contributed by atoms with Gasteiger partial charge in [0.2, 0.25) is 0 Å². The molecule has 0 aromatic carbocycles. The first-order valence-corrected chi connectivity index (χ1v) is 8.34. The summed E-state index contributed by atoms with van der Waals surface area (Å²) in [7, 11) is 0. The molecule has 2 N–H and O–H groups in total. The third-order valence-electron chi connectivity index (χ3n) is 4.96. The number of carboxylic acid groups (broad SMARTS) is 1. The molecular weight excluding hydrogens is 268 g/mol. The van der Waals surface area contributed by atoms with Crippen molar-refractivity contribution >= 4 is 12.0 Å². The topological polar surface area (TPSA) is 69.6 Å². The van der Waals surface area contributed by atoms with E-state index in [1.807, 2.05) is 11.8 Å². The lowest BCUT2D eigenvalue weighted by Crippen LogP contribution is -2.53. The second-order valence-corrected chi connectivity index (χ2v) is 6.67. The van der Waals surface area contributed by atoms with E-state index in [1.54, 1.807) is 0 Å². The molecule has 21 heavy (non-hydrogen) atoms. The van der Waals surface area contributed by atoms with Crippen LogP contribution in [0.5, 0.6) is 0 Å². The summed E-state index contributed by atoms with van der Waals surface area (Å²) in [5, 5.41) is 11.7. The molecule has 2 rings (SSSR count). The predicted molar refractivity (Wildman–Crippen MR) is 81.1 cm³/mol. The zero-order valence-corrected chi connectivity index (χ0v) is 13.0. The van der Waals surface area contributed by atoms with Crippen molar-refractivity contribution in [2.24, 2.45) is 11.8 Å². The van der Waals surface area contributed by atoms with E-state index in [-0.39, 0.29) is 18.4 Å². The van der Waals surface area contributed by atoms with Crippen LogP contribution in [0.15, 0.2) is 0 Å². The standard InChI is InChI=1S/C16H28N2O3/c1-12(8-9-15(19)20)11-17-16(21)18-10-4-6-13-5-2-3-7-14(13)18/h12-14H,2-11H2,1H3,(H,17,21)(H,19,20).